The van der Waals surface area contributed by atoms with Crippen LogP contribution < -0.4 is 4.74 Å². The van der Waals surface area contributed by atoms with Crippen molar-refractivity contribution in [2.45, 2.75) is 43.9 Å². The molecule has 0 N–H and O–H groups in total. The summed E-state index contributed by atoms with van der Waals surface area (Å²) in [5.74, 6) is 1.79. The quantitative estimate of drug-likeness (QED) is 0.743. The topological polar surface area (TPSA) is 52.2 Å². The maximum absolute atomic E-state index is 13.4. The molecule has 29 heavy (non-hydrogen) atoms. The summed E-state index contributed by atoms with van der Waals surface area (Å²) in [6.45, 7) is 6.76. The Bertz CT molecular complexity index is 759. The molecule has 0 unspecified atom stereocenters. The number of hydrogen-bond donors (Lipinski definition) is 0. The van der Waals surface area contributed by atoms with E-state index in [1.54, 1.807) is 7.11 Å². The number of piperidine rings is 1. The maximum Gasteiger partial charge on any atom is 0.242 e. The molecule has 1 saturated carbocycles. The van der Waals surface area contributed by atoms with Crippen molar-refractivity contribution < 1.29 is 9.53 Å². The number of hydrogen-bond acceptors (Lipinski definition) is 6. The highest BCUT2D eigenvalue weighted by atomic mass is 16.5. The lowest BCUT2D eigenvalue weighted by molar-refractivity contribution is -0.134. The van der Waals surface area contributed by atoms with Crippen LogP contribution in [-0.4, -0.2) is 95.6 Å². The molecule has 5 rings (SSSR count). The molecule has 7 nitrogen and oxygen atoms in total. The maximum atomic E-state index is 13.4. The molecule has 1 aromatic rings. The predicted molar refractivity (Wildman–Crippen MR) is 110 cm³/mol. The van der Waals surface area contributed by atoms with Gasteiger partial charge in [0.2, 0.25) is 11.8 Å². The Labute approximate surface area is 173 Å². The van der Waals surface area contributed by atoms with E-state index in [4.69, 9.17) is 4.74 Å². The molecular formula is C22H33N5O2. The average Bonchev–Trinajstić information content (AvgIpc) is 3.53. The Kier molecular flexibility index (Phi) is 5.00. The van der Waals surface area contributed by atoms with Crippen LogP contribution in [-0.2, 0) is 11.3 Å². The van der Waals surface area contributed by atoms with Crippen molar-refractivity contribution in [2.24, 2.45) is 5.92 Å². The average molecular weight is 400 g/mol. The summed E-state index contributed by atoms with van der Waals surface area (Å²) in [7, 11) is 3.80. The fourth-order valence-corrected chi connectivity index (χ4v) is 5.50. The minimum absolute atomic E-state index is 0.0547. The van der Waals surface area contributed by atoms with Crippen LogP contribution in [0.1, 0.15) is 31.4 Å². The molecule has 3 saturated heterocycles. The molecule has 4 fully saturated rings. The number of methoxy groups -OCH3 is 1. The molecule has 7 heteroatoms. The Morgan fingerprint density at radius 2 is 1.97 bits per heavy atom. The van der Waals surface area contributed by atoms with Gasteiger partial charge in [0.05, 0.1) is 18.5 Å². The van der Waals surface area contributed by atoms with Crippen LogP contribution in [0.3, 0.4) is 0 Å². The van der Waals surface area contributed by atoms with Crippen LogP contribution in [0.2, 0.25) is 0 Å². The standard InChI is InChI=1S/C22H33N5O2/c1-24-12-13-26-19(16-24)21(28)27(14-17-6-7-17)22(26)8-10-25(11-9-22)15-18-4-3-5-20(23-18)29-2/h3-5,17,19H,6-16H2,1-2H3/t19-/m1/s1. The molecule has 1 atom stereocenters. The SMILES string of the molecule is COc1cccc(CN2CCC3(CC2)N(CC2CC2)C(=O)[C@H]2CN(C)CCN23)n1. The lowest BCUT2D eigenvalue weighted by atomic mass is 9.93. The number of pyridine rings is 1. The van der Waals surface area contributed by atoms with Gasteiger partial charge < -0.3 is 14.5 Å². The predicted octanol–water partition coefficient (Wildman–Crippen LogP) is 1.25. The van der Waals surface area contributed by atoms with E-state index in [0.29, 0.717) is 11.8 Å². The van der Waals surface area contributed by atoms with Gasteiger partial charge >= 0.3 is 0 Å². The van der Waals surface area contributed by atoms with Crippen molar-refractivity contribution in [1.82, 2.24) is 24.6 Å². The summed E-state index contributed by atoms with van der Waals surface area (Å²) in [5.41, 5.74) is 0.985. The van der Waals surface area contributed by atoms with E-state index in [9.17, 15) is 4.79 Å². The number of fused-ring (bicyclic) bond motifs is 2. The van der Waals surface area contributed by atoms with E-state index in [-0.39, 0.29) is 11.7 Å². The molecule has 3 aliphatic heterocycles. The molecule has 1 amide bonds. The third-order valence-corrected chi connectivity index (χ3v) is 7.34. The first-order chi connectivity index (χ1) is 14.1. The van der Waals surface area contributed by atoms with Crippen LogP contribution in [0.15, 0.2) is 18.2 Å². The van der Waals surface area contributed by atoms with E-state index in [0.717, 1.165) is 70.3 Å². The smallest absolute Gasteiger partial charge is 0.242 e. The highest BCUT2D eigenvalue weighted by Gasteiger charge is 2.58. The van der Waals surface area contributed by atoms with Crippen molar-refractivity contribution in [3.63, 3.8) is 0 Å². The Balaban J connectivity index is 1.32. The highest BCUT2D eigenvalue weighted by Crippen LogP contribution is 2.44. The minimum atomic E-state index is -0.0656. The van der Waals surface area contributed by atoms with E-state index in [1.807, 2.05) is 12.1 Å². The number of nitrogens with zero attached hydrogens (tertiary/aromatic N) is 5. The molecule has 1 aromatic heterocycles. The van der Waals surface area contributed by atoms with Crippen LogP contribution in [0.25, 0.3) is 0 Å². The highest BCUT2D eigenvalue weighted by molar-refractivity contribution is 5.85. The largest absolute Gasteiger partial charge is 0.481 e. The van der Waals surface area contributed by atoms with Crippen molar-refractivity contribution in [1.29, 1.82) is 0 Å². The number of ether oxygens (including phenoxy) is 1. The molecule has 1 spiro atoms. The summed E-state index contributed by atoms with van der Waals surface area (Å²) >= 11 is 0. The van der Waals surface area contributed by atoms with Crippen LogP contribution in [0, 0.1) is 5.92 Å². The van der Waals surface area contributed by atoms with Crippen LogP contribution in [0.4, 0.5) is 0 Å². The van der Waals surface area contributed by atoms with Gasteiger partial charge in [-0.05, 0) is 44.7 Å². The lowest BCUT2D eigenvalue weighted by Gasteiger charge is -2.51. The molecule has 158 valence electrons. The van der Waals surface area contributed by atoms with Crippen molar-refractivity contribution in [3.8, 4) is 5.88 Å². The number of amides is 1. The van der Waals surface area contributed by atoms with Crippen molar-refractivity contribution in [3.05, 3.63) is 23.9 Å². The number of carbonyl (C=O) groups is 1. The second-order valence-electron chi connectivity index (χ2n) is 9.29. The fourth-order valence-electron chi connectivity index (χ4n) is 5.50. The molecule has 1 aliphatic carbocycles. The van der Waals surface area contributed by atoms with E-state index >= 15 is 0 Å². The second kappa shape index (κ2) is 7.52. The van der Waals surface area contributed by atoms with Gasteiger partial charge in [0, 0.05) is 51.9 Å². The van der Waals surface area contributed by atoms with Gasteiger partial charge in [0.1, 0.15) is 6.04 Å². The van der Waals surface area contributed by atoms with E-state index in [1.165, 1.54) is 12.8 Å². The number of likely N-dealkylation sites (tertiary alicyclic amines) is 1. The van der Waals surface area contributed by atoms with Gasteiger partial charge in [-0.2, -0.15) is 0 Å². The molecule has 0 bridgehead atoms. The summed E-state index contributed by atoms with van der Waals surface area (Å²) < 4.78 is 5.27. The van der Waals surface area contributed by atoms with Gasteiger partial charge in [-0.1, -0.05) is 6.07 Å². The minimum Gasteiger partial charge on any atom is -0.481 e. The second-order valence-corrected chi connectivity index (χ2v) is 9.29. The normalized spacial score (nSPS) is 28.1. The summed E-state index contributed by atoms with van der Waals surface area (Å²) in [6, 6.07) is 6.03. The first-order valence-electron chi connectivity index (χ1n) is 11.1. The van der Waals surface area contributed by atoms with Gasteiger partial charge in [-0.15, -0.1) is 0 Å². The summed E-state index contributed by atoms with van der Waals surface area (Å²) in [4.78, 5) is 27.6. The first-order valence-corrected chi connectivity index (χ1v) is 11.1. The summed E-state index contributed by atoms with van der Waals surface area (Å²) in [6.07, 6.45) is 4.65. The number of piperazine rings is 1. The number of aromatic nitrogens is 1. The van der Waals surface area contributed by atoms with Crippen molar-refractivity contribution in [2.75, 3.05) is 53.4 Å². The van der Waals surface area contributed by atoms with Gasteiger partial charge in [-0.3, -0.25) is 14.6 Å². The van der Waals surface area contributed by atoms with Gasteiger partial charge in [0.25, 0.3) is 0 Å². The number of carbonyl (C=O) groups excluding carboxylic acids is 1. The number of likely N-dealkylation sites (N-methyl/N-ethyl adjacent to an activating group) is 1. The monoisotopic (exact) mass is 399 g/mol. The summed E-state index contributed by atoms with van der Waals surface area (Å²) in [5, 5.41) is 0. The molecule has 0 aromatic carbocycles. The first kappa shape index (κ1) is 19.3. The van der Waals surface area contributed by atoms with Gasteiger partial charge in [0.15, 0.2) is 0 Å². The molecule has 0 radical (unpaired) electrons. The molecule has 4 heterocycles. The number of rotatable bonds is 5. The Morgan fingerprint density at radius 1 is 1.17 bits per heavy atom. The van der Waals surface area contributed by atoms with E-state index in [2.05, 4.69) is 37.7 Å². The zero-order valence-corrected chi connectivity index (χ0v) is 17.7. The Morgan fingerprint density at radius 3 is 2.69 bits per heavy atom. The third-order valence-electron chi connectivity index (χ3n) is 7.34. The van der Waals surface area contributed by atoms with Gasteiger partial charge in [-0.25, -0.2) is 4.98 Å². The fraction of sp³-hybridized carbons (Fsp3) is 0.727. The third kappa shape index (κ3) is 3.53. The van der Waals surface area contributed by atoms with Crippen molar-refractivity contribution >= 4 is 5.91 Å². The Hall–Kier alpha value is -1.70. The van der Waals surface area contributed by atoms with Crippen LogP contribution >= 0.6 is 0 Å². The lowest BCUT2D eigenvalue weighted by Crippen LogP contribution is -2.63. The molecular weight excluding hydrogens is 366 g/mol. The zero-order chi connectivity index (χ0) is 20.0. The van der Waals surface area contributed by atoms with Crippen LogP contribution in [0.5, 0.6) is 5.88 Å². The van der Waals surface area contributed by atoms with E-state index < -0.39 is 0 Å². The molecule has 4 aliphatic rings. The zero-order valence-electron chi connectivity index (χ0n) is 17.7.